The van der Waals surface area contributed by atoms with Gasteiger partial charge in [0.15, 0.2) is 0 Å². The smallest absolute Gasteiger partial charge is 0.243 e. The number of pyridine rings is 1. The molecule has 0 aliphatic carbocycles. The van der Waals surface area contributed by atoms with Gasteiger partial charge in [-0.25, -0.2) is 0 Å². The molecule has 0 aliphatic rings. The van der Waals surface area contributed by atoms with E-state index in [0.717, 1.165) is 17.4 Å². The van der Waals surface area contributed by atoms with E-state index in [1.165, 1.54) is 0 Å². The quantitative estimate of drug-likeness (QED) is 0.617. The second-order valence-corrected chi connectivity index (χ2v) is 7.09. The fourth-order valence-electron chi connectivity index (χ4n) is 2.86. The van der Waals surface area contributed by atoms with Gasteiger partial charge in [-0.2, -0.15) is 0 Å². The molecule has 2 unspecified atom stereocenters. The molecule has 0 radical (unpaired) electrons. The number of amides is 2. The maximum Gasteiger partial charge on any atom is 0.243 e. The van der Waals surface area contributed by atoms with Crippen molar-refractivity contribution in [3.63, 3.8) is 0 Å². The molecule has 2 amide bonds. The number of hydrogen-bond donors (Lipinski definition) is 2. The Hall–Kier alpha value is -3.02. The van der Waals surface area contributed by atoms with Crippen LogP contribution in [0.4, 0.5) is 0 Å². The van der Waals surface area contributed by atoms with Gasteiger partial charge in [-0.1, -0.05) is 50.2 Å². The maximum atomic E-state index is 12.7. The van der Waals surface area contributed by atoms with E-state index in [2.05, 4.69) is 15.6 Å². The molecule has 0 saturated heterocycles. The topological polar surface area (TPSA) is 88.2 Å². The van der Waals surface area contributed by atoms with E-state index in [4.69, 9.17) is 0 Å². The van der Waals surface area contributed by atoms with E-state index in [1.807, 2.05) is 56.3 Å². The van der Waals surface area contributed by atoms with Crippen LogP contribution in [0, 0.1) is 5.92 Å². The number of aromatic nitrogens is 1. The largest absolute Gasteiger partial charge is 0.344 e. The van der Waals surface area contributed by atoms with Crippen LogP contribution < -0.4 is 10.6 Å². The Labute approximate surface area is 165 Å². The summed E-state index contributed by atoms with van der Waals surface area (Å²) in [4.78, 5) is 40.4. The molecule has 148 valence electrons. The lowest BCUT2D eigenvalue weighted by Gasteiger charge is -2.23. The SMILES string of the molecule is CC(C)C(NC(=O)CCc1cccnc1)C(=O)NC(C=O)Cc1ccccc1. The van der Waals surface area contributed by atoms with Crippen molar-refractivity contribution < 1.29 is 14.4 Å². The summed E-state index contributed by atoms with van der Waals surface area (Å²) in [5, 5.41) is 5.54. The highest BCUT2D eigenvalue weighted by molar-refractivity contribution is 5.89. The number of nitrogens with zero attached hydrogens (tertiary/aromatic N) is 1. The average Bonchev–Trinajstić information content (AvgIpc) is 2.71. The van der Waals surface area contributed by atoms with Crippen molar-refractivity contribution in [3.05, 3.63) is 66.0 Å². The minimum Gasteiger partial charge on any atom is -0.344 e. The molecule has 6 nitrogen and oxygen atoms in total. The zero-order valence-corrected chi connectivity index (χ0v) is 16.3. The summed E-state index contributed by atoms with van der Waals surface area (Å²) in [6, 6.07) is 11.9. The normalized spacial score (nSPS) is 12.8. The summed E-state index contributed by atoms with van der Waals surface area (Å²) in [7, 11) is 0. The van der Waals surface area contributed by atoms with Crippen molar-refractivity contribution in [2.45, 2.75) is 45.2 Å². The van der Waals surface area contributed by atoms with Crippen LogP contribution in [-0.4, -0.2) is 35.2 Å². The first-order valence-corrected chi connectivity index (χ1v) is 9.47. The summed E-state index contributed by atoms with van der Waals surface area (Å²) in [5.74, 6) is -0.660. The van der Waals surface area contributed by atoms with E-state index in [0.29, 0.717) is 12.8 Å². The first-order valence-electron chi connectivity index (χ1n) is 9.47. The summed E-state index contributed by atoms with van der Waals surface area (Å²) in [5.41, 5.74) is 1.92. The van der Waals surface area contributed by atoms with Crippen molar-refractivity contribution in [2.75, 3.05) is 0 Å². The highest BCUT2D eigenvalue weighted by atomic mass is 16.2. The predicted molar refractivity (Wildman–Crippen MR) is 107 cm³/mol. The standard InChI is InChI=1S/C22H27N3O3/c1-16(2)21(25-20(27)11-10-18-9-6-12-23-14-18)22(28)24-19(15-26)13-17-7-4-3-5-8-17/h3-9,12,14-16,19,21H,10-11,13H2,1-2H3,(H,24,28)(H,25,27). The van der Waals surface area contributed by atoms with Crippen molar-refractivity contribution in [3.8, 4) is 0 Å². The average molecular weight is 381 g/mol. The number of aryl methyl sites for hydroxylation is 1. The Kier molecular flexibility index (Phi) is 8.34. The van der Waals surface area contributed by atoms with Gasteiger partial charge in [0, 0.05) is 18.8 Å². The van der Waals surface area contributed by atoms with Crippen molar-refractivity contribution in [2.24, 2.45) is 5.92 Å². The van der Waals surface area contributed by atoms with E-state index in [-0.39, 0.29) is 24.2 Å². The van der Waals surface area contributed by atoms with Crippen molar-refractivity contribution in [1.82, 2.24) is 15.6 Å². The molecule has 1 aromatic heterocycles. The Morgan fingerprint density at radius 3 is 2.36 bits per heavy atom. The molecule has 2 rings (SSSR count). The Balaban J connectivity index is 1.90. The number of hydrogen-bond acceptors (Lipinski definition) is 4. The lowest BCUT2D eigenvalue weighted by Crippen LogP contribution is -2.52. The number of rotatable bonds is 10. The lowest BCUT2D eigenvalue weighted by molar-refractivity contribution is -0.131. The number of carbonyl (C=O) groups excluding carboxylic acids is 3. The molecule has 0 spiro atoms. The van der Waals surface area contributed by atoms with Gasteiger partial charge >= 0.3 is 0 Å². The summed E-state index contributed by atoms with van der Waals surface area (Å²) in [6.07, 6.45) is 5.36. The van der Waals surface area contributed by atoms with Crippen LogP contribution in [-0.2, 0) is 27.2 Å². The summed E-state index contributed by atoms with van der Waals surface area (Å²) in [6.45, 7) is 3.72. The minimum absolute atomic E-state index is 0.105. The van der Waals surface area contributed by atoms with E-state index in [9.17, 15) is 14.4 Å². The van der Waals surface area contributed by atoms with Crippen LogP contribution >= 0.6 is 0 Å². The van der Waals surface area contributed by atoms with Crippen LogP contribution in [0.5, 0.6) is 0 Å². The second-order valence-electron chi connectivity index (χ2n) is 7.09. The van der Waals surface area contributed by atoms with Gasteiger partial charge < -0.3 is 15.4 Å². The van der Waals surface area contributed by atoms with Gasteiger partial charge in [0.2, 0.25) is 11.8 Å². The van der Waals surface area contributed by atoms with E-state index < -0.39 is 12.1 Å². The summed E-state index contributed by atoms with van der Waals surface area (Å²) >= 11 is 0. The molecule has 0 fully saturated rings. The molecule has 0 bridgehead atoms. The highest BCUT2D eigenvalue weighted by Crippen LogP contribution is 2.07. The molecular weight excluding hydrogens is 354 g/mol. The van der Waals surface area contributed by atoms with Crippen LogP contribution in [0.1, 0.15) is 31.4 Å². The van der Waals surface area contributed by atoms with E-state index >= 15 is 0 Å². The molecule has 6 heteroatoms. The van der Waals surface area contributed by atoms with Crippen molar-refractivity contribution in [1.29, 1.82) is 0 Å². The predicted octanol–water partition coefficient (Wildman–Crippen LogP) is 2.08. The molecular formula is C22H27N3O3. The van der Waals surface area contributed by atoms with Gasteiger partial charge in [0.1, 0.15) is 12.3 Å². The highest BCUT2D eigenvalue weighted by Gasteiger charge is 2.26. The third-order valence-corrected chi connectivity index (χ3v) is 4.42. The molecule has 2 atom stereocenters. The van der Waals surface area contributed by atoms with Crippen molar-refractivity contribution >= 4 is 18.1 Å². The monoisotopic (exact) mass is 381 g/mol. The molecule has 2 aromatic rings. The summed E-state index contributed by atoms with van der Waals surface area (Å²) < 4.78 is 0. The van der Waals surface area contributed by atoms with Gasteiger partial charge in [0.25, 0.3) is 0 Å². The first-order chi connectivity index (χ1) is 13.5. The molecule has 1 heterocycles. The molecule has 1 aromatic carbocycles. The second kappa shape index (κ2) is 11.0. The lowest BCUT2D eigenvalue weighted by atomic mass is 10.0. The fourth-order valence-corrected chi connectivity index (χ4v) is 2.86. The fraction of sp³-hybridized carbons (Fsp3) is 0.364. The minimum atomic E-state index is -0.695. The maximum absolute atomic E-state index is 12.7. The molecule has 2 N–H and O–H groups in total. The molecule has 0 saturated carbocycles. The molecule has 28 heavy (non-hydrogen) atoms. The van der Waals surface area contributed by atoms with Crippen LogP contribution in [0.15, 0.2) is 54.9 Å². The Morgan fingerprint density at radius 2 is 1.75 bits per heavy atom. The van der Waals surface area contributed by atoms with Gasteiger partial charge in [0.05, 0.1) is 6.04 Å². The number of aldehydes is 1. The number of nitrogens with one attached hydrogen (secondary N) is 2. The van der Waals surface area contributed by atoms with Gasteiger partial charge in [-0.05, 0) is 36.0 Å². The third kappa shape index (κ3) is 6.95. The number of benzene rings is 1. The zero-order valence-electron chi connectivity index (χ0n) is 16.3. The number of carbonyl (C=O) groups is 3. The van der Waals surface area contributed by atoms with Crippen LogP contribution in [0.2, 0.25) is 0 Å². The Morgan fingerprint density at radius 1 is 1.04 bits per heavy atom. The van der Waals surface area contributed by atoms with Crippen LogP contribution in [0.3, 0.4) is 0 Å². The first kappa shape index (κ1) is 21.3. The third-order valence-electron chi connectivity index (χ3n) is 4.42. The molecule has 0 aliphatic heterocycles. The van der Waals surface area contributed by atoms with Gasteiger partial charge in [-0.3, -0.25) is 14.6 Å². The Bertz CT molecular complexity index is 763. The zero-order chi connectivity index (χ0) is 20.4. The van der Waals surface area contributed by atoms with Gasteiger partial charge in [-0.15, -0.1) is 0 Å². The van der Waals surface area contributed by atoms with E-state index in [1.54, 1.807) is 12.4 Å². The van der Waals surface area contributed by atoms with Crippen LogP contribution in [0.25, 0.3) is 0 Å².